The summed E-state index contributed by atoms with van der Waals surface area (Å²) in [4.78, 5) is 12.5. The molecule has 2 unspecified atom stereocenters. The Labute approximate surface area is 142 Å². The standard InChI is InChI=1S/C18H25N3O3/c22-17(16-12-15(20-21-16)13-4-2-1-3-5-13)19-14-6-8-18(9-7-14)23-10-11-24-18/h1-5,14-16,20-21H,6-12H2,(H,19,22). The molecule has 24 heavy (non-hydrogen) atoms. The molecule has 1 aromatic rings. The minimum absolute atomic E-state index is 0.0788. The van der Waals surface area contributed by atoms with E-state index < -0.39 is 0 Å². The Morgan fingerprint density at radius 3 is 2.50 bits per heavy atom. The van der Waals surface area contributed by atoms with Crippen molar-refractivity contribution < 1.29 is 14.3 Å². The Morgan fingerprint density at radius 1 is 1.08 bits per heavy atom. The Bertz CT molecular complexity index is 564. The average molecular weight is 331 g/mol. The molecule has 0 bridgehead atoms. The number of carbonyl (C=O) groups is 1. The molecule has 6 heteroatoms. The van der Waals surface area contributed by atoms with Crippen molar-refractivity contribution in [3.8, 4) is 0 Å². The van der Waals surface area contributed by atoms with Crippen molar-refractivity contribution >= 4 is 5.91 Å². The highest BCUT2D eigenvalue weighted by molar-refractivity contribution is 5.82. The van der Waals surface area contributed by atoms with Gasteiger partial charge in [-0.05, 0) is 24.8 Å². The fourth-order valence-corrected chi connectivity index (χ4v) is 3.92. The first-order chi connectivity index (χ1) is 11.7. The van der Waals surface area contributed by atoms with Crippen LogP contribution in [0.3, 0.4) is 0 Å². The largest absolute Gasteiger partial charge is 0.352 e. The topological polar surface area (TPSA) is 71.6 Å². The summed E-state index contributed by atoms with van der Waals surface area (Å²) in [6.07, 6.45) is 4.31. The van der Waals surface area contributed by atoms with Crippen molar-refractivity contribution in [1.82, 2.24) is 16.2 Å². The lowest BCUT2D eigenvalue weighted by atomic mass is 9.89. The molecule has 1 aliphatic carbocycles. The average Bonchev–Trinajstić information content (AvgIpc) is 3.28. The van der Waals surface area contributed by atoms with Crippen LogP contribution in [0.1, 0.15) is 43.7 Å². The number of hydrazine groups is 1. The van der Waals surface area contributed by atoms with Gasteiger partial charge in [0.1, 0.15) is 6.04 Å². The Kier molecular flexibility index (Phi) is 4.54. The van der Waals surface area contributed by atoms with Crippen LogP contribution in [0.15, 0.2) is 30.3 Å². The highest BCUT2D eigenvalue weighted by Gasteiger charge is 2.41. The molecule has 1 spiro atoms. The monoisotopic (exact) mass is 331 g/mol. The smallest absolute Gasteiger partial charge is 0.238 e. The molecule has 4 rings (SSSR count). The summed E-state index contributed by atoms with van der Waals surface area (Å²) < 4.78 is 11.5. The molecule has 0 aromatic heterocycles. The molecule has 0 radical (unpaired) electrons. The Morgan fingerprint density at radius 2 is 1.79 bits per heavy atom. The molecule has 1 amide bonds. The molecule has 3 aliphatic rings. The summed E-state index contributed by atoms with van der Waals surface area (Å²) in [5, 5.41) is 3.19. The van der Waals surface area contributed by atoms with Gasteiger partial charge >= 0.3 is 0 Å². The lowest BCUT2D eigenvalue weighted by Crippen LogP contribution is -2.49. The fourth-order valence-electron chi connectivity index (χ4n) is 3.92. The van der Waals surface area contributed by atoms with E-state index >= 15 is 0 Å². The third kappa shape index (κ3) is 3.32. The molecule has 2 heterocycles. The van der Waals surface area contributed by atoms with Crippen LogP contribution >= 0.6 is 0 Å². The van der Waals surface area contributed by atoms with E-state index in [2.05, 4.69) is 28.3 Å². The van der Waals surface area contributed by atoms with Crippen LogP contribution in [0, 0.1) is 0 Å². The van der Waals surface area contributed by atoms with Crippen molar-refractivity contribution in [2.24, 2.45) is 0 Å². The van der Waals surface area contributed by atoms with Crippen LogP contribution in [0.25, 0.3) is 0 Å². The molecule has 3 fully saturated rings. The molecule has 6 nitrogen and oxygen atoms in total. The summed E-state index contributed by atoms with van der Waals surface area (Å²) in [7, 11) is 0. The molecule has 1 saturated carbocycles. The summed E-state index contributed by atoms with van der Waals surface area (Å²) in [5.74, 6) is -0.289. The summed E-state index contributed by atoms with van der Waals surface area (Å²) in [6.45, 7) is 1.38. The second kappa shape index (κ2) is 6.80. The van der Waals surface area contributed by atoms with Crippen LogP contribution in [-0.4, -0.2) is 37.0 Å². The lowest BCUT2D eigenvalue weighted by Gasteiger charge is -2.35. The van der Waals surface area contributed by atoms with E-state index in [1.54, 1.807) is 0 Å². The van der Waals surface area contributed by atoms with Crippen molar-refractivity contribution in [3.63, 3.8) is 0 Å². The first-order valence-corrected chi connectivity index (χ1v) is 8.88. The number of hydrogen-bond acceptors (Lipinski definition) is 5. The van der Waals surface area contributed by atoms with Gasteiger partial charge in [0.15, 0.2) is 5.79 Å². The Hall–Kier alpha value is -1.47. The zero-order chi connectivity index (χ0) is 16.4. The molecule has 2 aliphatic heterocycles. The first kappa shape index (κ1) is 16.0. The van der Waals surface area contributed by atoms with E-state index in [1.165, 1.54) is 5.56 Å². The molecule has 3 N–H and O–H groups in total. The van der Waals surface area contributed by atoms with E-state index in [0.29, 0.717) is 13.2 Å². The molecule has 1 aromatic carbocycles. The van der Waals surface area contributed by atoms with Gasteiger partial charge in [0, 0.05) is 24.9 Å². The van der Waals surface area contributed by atoms with Gasteiger partial charge in [-0.1, -0.05) is 30.3 Å². The third-order valence-electron chi connectivity index (χ3n) is 5.33. The van der Waals surface area contributed by atoms with Crippen LogP contribution in [0.2, 0.25) is 0 Å². The zero-order valence-electron chi connectivity index (χ0n) is 13.8. The van der Waals surface area contributed by atoms with Crippen LogP contribution in [0.5, 0.6) is 0 Å². The fraction of sp³-hybridized carbons (Fsp3) is 0.611. The van der Waals surface area contributed by atoms with Crippen molar-refractivity contribution in [2.45, 2.75) is 56.0 Å². The predicted molar refractivity (Wildman–Crippen MR) is 88.9 cm³/mol. The molecular weight excluding hydrogens is 306 g/mol. The maximum absolute atomic E-state index is 12.5. The van der Waals surface area contributed by atoms with Gasteiger partial charge < -0.3 is 14.8 Å². The van der Waals surface area contributed by atoms with E-state index in [4.69, 9.17) is 9.47 Å². The van der Waals surface area contributed by atoms with Crippen molar-refractivity contribution in [3.05, 3.63) is 35.9 Å². The highest BCUT2D eigenvalue weighted by atomic mass is 16.7. The first-order valence-electron chi connectivity index (χ1n) is 8.88. The van der Waals surface area contributed by atoms with E-state index in [9.17, 15) is 4.79 Å². The maximum Gasteiger partial charge on any atom is 0.238 e. The van der Waals surface area contributed by atoms with Gasteiger partial charge in [-0.2, -0.15) is 0 Å². The highest BCUT2D eigenvalue weighted by Crippen LogP contribution is 2.35. The maximum atomic E-state index is 12.5. The van der Waals surface area contributed by atoms with Crippen LogP contribution in [0.4, 0.5) is 0 Å². The number of amides is 1. The van der Waals surface area contributed by atoms with Crippen LogP contribution in [-0.2, 0) is 14.3 Å². The summed E-state index contributed by atoms with van der Waals surface area (Å²) in [6, 6.07) is 10.4. The lowest BCUT2D eigenvalue weighted by molar-refractivity contribution is -0.180. The molecule has 130 valence electrons. The molecule has 2 atom stereocenters. The number of benzene rings is 1. The normalized spacial score (nSPS) is 29.8. The minimum Gasteiger partial charge on any atom is -0.352 e. The van der Waals surface area contributed by atoms with Gasteiger partial charge in [-0.25, -0.2) is 10.9 Å². The van der Waals surface area contributed by atoms with Gasteiger partial charge in [0.05, 0.1) is 13.2 Å². The second-order valence-electron chi connectivity index (χ2n) is 6.93. The van der Waals surface area contributed by atoms with Crippen molar-refractivity contribution in [1.29, 1.82) is 0 Å². The SMILES string of the molecule is O=C(NC1CCC2(CC1)OCCO2)C1CC(c2ccccc2)NN1. The van der Waals surface area contributed by atoms with Gasteiger partial charge in [-0.3, -0.25) is 4.79 Å². The molecular formula is C18H25N3O3. The number of carbonyl (C=O) groups excluding carboxylic acids is 1. The van der Waals surface area contributed by atoms with Gasteiger partial charge in [0.25, 0.3) is 0 Å². The Balaban J connectivity index is 1.27. The second-order valence-corrected chi connectivity index (χ2v) is 6.93. The van der Waals surface area contributed by atoms with Gasteiger partial charge in [-0.15, -0.1) is 0 Å². The summed E-state index contributed by atoms with van der Waals surface area (Å²) >= 11 is 0. The molecule has 2 saturated heterocycles. The minimum atomic E-state index is -0.368. The van der Waals surface area contributed by atoms with E-state index in [0.717, 1.165) is 32.1 Å². The number of nitrogens with one attached hydrogen (secondary N) is 3. The zero-order valence-corrected chi connectivity index (χ0v) is 13.8. The number of ether oxygens (including phenoxy) is 2. The quantitative estimate of drug-likeness (QED) is 0.781. The van der Waals surface area contributed by atoms with Gasteiger partial charge in [0.2, 0.25) is 5.91 Å². The summed E-state index contributed by atoms with van der Waals surface area (Å²) in [5.41, 5.74) is 7.57. The predicted octanol–water partition coefficient (Wildman–Crippen LogP) is 1.40. The van der Waals surface area contributed by atoms with E-state index in [-0.39, 0.29) is 29.8 Å². The van der Waals surface area contributed by atoms with E-state index in [1.807, 2.05) is 18.2 Å². The third-order valence-corrected chi connectivity index (χ3v) is 5.33. The van der Waals surface area contributed by atoms with Crippen LogP contribution < -0.4 is 16.2 Å². The van der Waals surface area contributed by atoms with Crippen molar-refractivity contribution in [2.75, 3.05) is 13.2 Å². The number of rotatable bonds is 3. The number of hydrogen-bond donors (Lipinski definition) is 3.